The molecule has 0 spiro atoms. The number of aryl methyl sites for hydroxylation is 1. The zero-order valence-corrected chi connectivity index (χ0v) is 10.6. The maximum absolute atomic E-state index is 3.52. The first kappa shape index (κ1) is 10.7. The van der Waals surface area contributed by atoms with E-state index in [9.17, 15) is 0 Å². The Bertz CT molecular complexity index is 439. The van der Waals surface area contributed by atoms with Gasteiger partial charge in [-0.1, -0.05) is 45.8 Å². The molecule has 1 radical (unpaired) electrons. The topological polar surface area (TPSA) is 0 Å². The zero-order valence-electron chi connectivity index (χ0n) is 9.05. The lowest BCUT2D eigenvalue weighted by Crippen LogP contribution is -1.92. The molecule has 1 aliphatic carbocycles. The summed E-state index contributed by atoms with van der Waals surface area (Å²) in [6.45, 7) is 4.28. The van der Waals surface area contributed by atoms with Crippen LogP contribution in [-0.4, -0.2) is 0 Å². The molecule has 1 aromatic rings. The second kappa shape index (κ2) is 4.36. The lowest BCUT2D eigenvalue weighted by Gasteiger charge is -2.12. The van der Waals surface area contributed by atoms with Crippen LogP contribution >= 0.6 is 15.9 Å². The summed E-state index contributed by atoms with van der Waals surface area (Å²) in [6.07, 6.45) is 7.81. The van der Waals surface area contributed by atoms with E-state index in [1.807, 2.05) is 0 Å². The number of hydrogen-bond acceptors (Lipinski definition) is 0. The van der Waals surface area contributed by atoms with Gasteiger partial charge < -0.3 is 0 Å². The third-order valence-corrected chi connectivity index (χ3v) is 3.54. The van der Waals surface area contributed by atoms with Crippen LogP contribution in [0.25, 0.3) is 5.57 Å². The molecule has 0 atom stereocenters. The Labute approximate surface area is 99.8 Å². The fraction of sp³-hybridized carbons (Fsp3) is 0.214. The highest BCUT2D eigenvalue weighted by Gasteiger charge is 2.06. The molecule has 0 N–H and O–H groups in total. The van der Waals surface area contributed by atoms with Crippen LogP contribution < -0.4 is 0 Å². The van der Waals surface area contributed by atoms with E-state index < -0.39 is 0 Å². The molecule has 0 nitrogen and oxygen atoms in total. The van der Waals surface area contributed by atoms with Gasteiger partial charge in [0.05, 0.1) is 0 Å². The van der Waals surface area contributed by atoms with E-state index in [4.69, 9.17) is 0 Å². The standard InChI is InChI=1S/C14H14Br/c1-10-4-3-5-12(8-10)13-6-7-14(15)11(2)9-13/h4-9H,3H2,1-2H3. The quantitative estimate of drug-likeness (QED) is 0.688. The third kappa shape index (κ3) is 2.40. The van der Waals surface area contributed by atoms with Crippen LogP contribution in [0, 0.1) is 13.3 Å². The molecule has 0 bridgehead atoms. The maximum Gasteiger partial charge on any atom is 0.0204 e. The van der Waals surface area contributed by atoms with Gasteiger partial charge in [-0.3, -0.25) is 0 Å². The fourth-order valence-corrected chi connectivity index (χ4v) is 2.01. The highest BCUT2D eigenvalue weighted by atomic mass is 79.9. The molecule has 0 amide bonds. The summed E-state index contributed by atoms with van der Waals surface area (Å²) < 4.78 is 1.18. The highest BCUT2D eigenvalue weighted by molar-refractivity contribution is 9.10. The van der Waals surface area contributed by atoms with Crippen LogP contribution in [-0.2, 0) is 0 Å². The molecule has 1 aromatic carbocycles. The zero-order chi connectivity index (χ0) is 10.8. The van der Waals surface area contributed by atoms with Gasteiger partial charge in [0.2, 0.25) is 0 Å². The van der Waals surface area contributed by atoms with Gasteiger partial charge in [-0.25, -0.2) is 0 Å². The lowest BCUT2D eigenvalue weighted by atomic mass is 9.93. The normalized spacial score (nSPS) is 15.9. The van der Waals surface area contributed by atoms with E-state index in [2.05, 4.69) is 66.5 Å². The van der Waals surface area contributed by atoms with Crippen molar-refractivity contribution >= 4 is 21.5 Å². The van der Waals surface area contributed by atoms with E-state index in [0.29, 0.717) is 0 Å². The van der Waals surface area contributed by atoms with E-state index in [0.717, 1.165) is 6.42 Å². The molecule has 0 heterocycles. The van der Waals surface area contributed by atoms with Crippen LogP contribution in [0.5, 0.6) is 0 Å². The van der Waals surface area contributed by atoms with E-state index in [1.165, 1.54) is 26.7 Å². The largest absolute Gasteiger partial charge is 0.0810 e. The third-order valence-electron chi connectivity index (χ3n) is 2.65. The predicted octanol–water partition coefficient (Wildman–Crippen LogP) is 4.70. The minimum absolute atomic E-state index is 1.05. The van der Waals surface area contributed by atoms with Crippen molar-refractivity contribution < 1.29 is 0 Å². The molecule has 0 fully saturated rings. The first-order valence-electron chi connectivity index (χ1n) is 5.15. The van der Waals surface area contributed by atoms with Crippen molar-refractivity contribution in [2.75, 3.05) is 0 Å². The average Bonchev–Trinajstić information content (AvgIpc) is 2.22. The molecular formula is C14H14Br. The van der Waals surface area contributed by atoms with Gasteiger partial charge in [-0.05, 0) is 49.5 Å². The molecule has 2 rings (SSSR count). The minimum Gasteiger partial charge on any atom is -0.0810 e. The summed E-state index contributed by atoms with van der Waals surface area (Å²) in [5, 5.41) is 0. The van der Waals surface area contributed by atoms with Crippen LogP contribution in [0.1, 0.15) is 24.5 Å². The van der Waals surface area contributed by atoms with Crippen LogP contribution in [0.3, 0.4) is 0 Å². The van der Waals surface area contributed by atoms with E-state index in [-0.39, 0.29) is 0 Å². The first-order chi connectivity index (χ1) is 7.16. The number of benzene rings is 1. The van der Waals surface area contributed by atoms with Crippen LogP contribution in [0.2, 0.25) is 0 Å². The van der Waals surface area contributed by atoms with E-state index >= 15 is 0 Å². The van der Waals surface area contributed by atoms with Crippen molar-refractivity contribution in [3.63, 3.8) is 0 Å². The summed E-state index contributed by atoms with van der Waals surface area (Å²) in [4.78, 5) is 0. The summed E-state index contributed by atoms with van der Waals surface area (Å²) in [5.74, 6) is 0. The van der Waals surface area contributed by atoms with Crippen molar-refractivity contribution in [3.8, 4) is 0 Å². The summed E-state index contributed by atoms with van der Waals surface area (Å²) in [6, 6.07) is 6.51. The van der Waals surface area contributed by atoms with Crippen molar-refractivity contribution in [1.82, 2.24) is 0 Å². The smallest absolute Gasteiger partial charge is 0.0204 e. The van der Waals surface area contributed by atoms with Gasteiger partial charge in [0.1, 0.15) is 0 Å². The molecule has 0 unspecified atom stereocenters. The molecule has 0 saturated heterocycles. The summed E-state index contributed by atoms with van der Waals surface area (Å²) >= 11 is 3.52. The van der Waals surface area contributed by atoms with Gasteiger partial charge >= 0.3 is 0 Å². The van der Waals surface area contributed by atoms with Gasteiger partial charge in [-0.2, -0.15) is 0 Å². The summed E-state index contributed by atoms with van der Waals surface area (Å²) in [7, 11) is 0. The van der Waals surface area contributed by atoms with Gasteiger partial charge in [-0.15, -0.1) is 0 Å². The minimum atomic E-state index is 1.05. The van der Waals surface area contributed by atoms with Crippen molar-refractivity contribution in [1.29, 1.82) is 0 Å². The SMILES string of the molecule is CC1=CC[CH]C(c2ccc(Br)c(C)c2)=C1. The molecule has 15 heavy (non-hydrogen) atoms. The lowest BCUT2D eigenvalue weighted by molar-refractivity contribution is 1.22. The Morgan fingerprint density at radius 3 is 2.67 bits per heavy atom. The first-order valence-corrected chi connectivity index (χ1v) is 5.94. The van der Waals surface area contributed by atoms with Gasteiger partial charge in [0, 0.05) is 4.47 Å². The molecule has 77 valence electrons. The molecule has 1 heteroatoms. The second-order valence-corrected chi connectivity index (χ2v) is 4.81. The molecular weight excluding hydrogens is 248 g/mol. The Balaban J connectivity index is 2.38. The number of allylic oxidation sites excluding steroid dienone is 4. The average molecular weight is 262 g/mol. The number of hydrogen-bond donors (Lipinski definition) is 0. The van der Waals surface area contributed by atoms with Crippen molar-refractivity contribution in [3.05, 3.63) is 57.9 Å². The number of halogens is 1. The molecule has 1 aliphatic rings. The Morgan fingerprint density at radius 2 is 2.00 bits per heavy atom. The Morgan fingerprint density at radius 1 is 1.20 bits per heavy atom. The van der Waals surface area contributed by atoms with E-state index in [1.54, 1.807) is 0 Å². The van der Waals surface area contributed by atoms with Crippen molar-refractivity contribution in [2.24, 2.45) is 0 Å². The molecule has 0 aromatic heterocycles. The fourth-order valence-electron chi connectivity index (χ4n) is 1.76. The molecule has 0 aliphatic heterocycles. The van der Waals surface area contributed by atoms with Gasteiger partial charge in [0.25, 0.3) is 0 Å². The number of rotatable bonds is 1. The second-order valence-electron chi connectivity index (χ2n) is 3.95. The monoisotopic (exact) mass is 261 g/mol. The Kier molecular flexibility index (Phi) is 3.11. The Hall–Kier alpha value is -0.820. The van der Waals surface area contributed by atoms with Gasteiger partial charge in [0.15, 0.2) is 0 Å². The van der Waals surface area contributed by atoms with Crippen LogP contribution in [0.4, 0.5) is 0 Å². The predicted molar refractivity (Wildman–Crippen MR) is 69.5 cm³/mol. The maximum atomic E-state index is 3.52. The molecule has 0 saturated carbocycles. The van der Waals surface area contributed by atoms with Crippen LogP contribution in [0.15, 0.2) is 40.4 Å². The highest BCUT2D eigenvalue weighted by Crippen LogP contribution is 2.28. The van der Waals surface area contributed by atoms with Crippen molar-refractivity contribution in [2.45, 2.75) is 20.3 Å². The summed E-state index contributed by atoms with van der Waals surface area (Å²) in [5.41, 5.74) is 5.29.